The van der Waals surface area contributed by atoms with E-state index < -0.39 is 0 Å². The Bertz CT molecular complexity index is 667. The minimum absolute atomic E-state index is 0.0431. The number of nitrogens with zero attached hydrogens (tertiary/aromatic N) is 1. The van der Waals surface area contributed by atoms with Crippen LogP contribution < -0.4 is 10.2 Å². The number of carbonyl (C=O) groups is 1. The Morgan fingerprint density at radius 3 is 2.32 bits per heavy atom. The molecule has 0 atom stereocenters. The molecule has 0 bridgehead atoms. The normalized spacial score (nSPS) is 14.2. The van der Waals surface area contributed by atoms with Gasteiger partial charge in [-0.1, -0.05) is 24.3 Å². The average molecular weight is 294 g/mol. The van der Waals surface area contributed by atoms with Crippen molar-refractivity contribution in [3.63, 3.8) is 0 Å². The molecular formula is C19H22N2O. The third kappa shape index (κ3) is 2.98. The number of para-hydroxylation sites is 1. The van der Waals surface area contributed by atoms with Gasteiger partial charge in [-0.05, 0) is 56.0 Å². The number of anilines is 2. The van der Waals surface area contributed by atoms with E-state index in [-0.39, 0.29) is 5.91 Å². The van der Waals surface area contributed by atoms with Crippen molar-refractivity contribution in [3.8, 4) is 0 Å². The van der Waals surface area contributed by atoms with E-state index in [1.54, 1.807) is 0 Å². The number of hydrogen-bond acceptors (Lipinski definition) is 2. The SMILES string of the molecule is Cc1cccc(C)c1NC(=O)c1cccc(N2CCCC2)c1. The van der Waals surface area contributed by atoms with E-state index in [0.717, 1.165) is 35.6 Å². The number of nitrogens with one attached hydrogen (secondary N) is 1. The third-order valence-electron chi connectivity index (χ3n) is 4.30. The average Bonchev–Trinajstić information content (AvgIpc) is 3.05. The molecule has 2 aromatic rings. The van der Waals surface area contributed by atoms with Crippen LogP contribution in [0.5, 0.6) is 0 Å². The summed E-state index contributed by atoms with van der Waals surface area (Å²) < 4.78 is 0. The third-order valence-corrected chi connectivity index (χ3v) is 4.30. The molecule has 1 saturated heterocycles. The fourth-order valence-corrected chi connectivity index (χ4v) is 3.02. The van der Waals surface area contributed by atoms with Crippen LogP contribution in [0.25, 0.3) is 0 Å². The number of rotatable bonds is 3. The standard InChI is InChI=1S/C19H22N2O/c1-14-7-5-8-15(2)18(14)20-19(22)16-9-6-10-17(13-16)21-11-3-4-12-21/h5-10,13H,3-4,11-12H2,1-2H3,(H,20,22). The molecule has 1 heterocycles. The Morgan fingerprint density at radius 1 is 1.00 bits per heavy atom. The Kier molecular flexibility index (Phi) is 4.14. The zero-order valence-corrected chi connectivity index (χ0v) is 13.2. The van der Waals surface area contributed by atoms with Crippen LogP contribution in [0.1, 0.15) is 34.3 Å². The van der Waals surface area contributed by atoms with Gasteiger partial charge in [0.2, 0.25) is 0 Å². The van der Waals surface area contributed by atoms with Crippen molar-refractivity contribution < 1.29 is 4.79 Å². The fraction of sp³-hybridized carbons (Fsp3) is 0.316. The van der Waals surface area contributed by atoms with E-state index in [2.05, 4.69) is 16.3 Å². The van der Waals surface area contributed by atoms with Gasteiger partial charge in [0, 0.05) is 30.0 Å². The monoisotopic (exact) mass is 294 g/mol. The molecule has 0 aromatic heterocycles. The van der Waals surface area contributed by atoms with Crippen molar-refractivity contribution in [2.24, 2.45) is 0 Å². The first-order valence-electron chi connectivity index (χ1n) is 7.88. The van der Waals surface area contributed by atoms with E-state index in [4.69, 9.17) is 0 Å². The van der Waals surface area contributed by atoms with E-state index >= 15 is 0 Å². The predicted molar refractivity (Wildman–Crippen MR) is 91.8 cm³/mol. The fourth-order valence-electron chi connectivity index (χ4n) is 3.02. The van der Waals surface area contributed by atoms with Gasteiger partial charge < -0.3 is 10.2 Å². The molecule has 0 radical (unpaired) electrons. The minimum Gasteiger partial charge on any atom is -0.372 e. The smallest absolute Gasteiger partial charge is 0.255 e. The first-order valence-corrected chi connectivity index (χ1v) is 7.88. The van der Waals surface area contributed by atoms with E-state index in [1.165, 1.54) is 12.8 Å². The summed E-state index contributed by atoms with van der Waals surface area (Å²) >= 11 is 0. The highest BCUT2D eigenvalue weighted by molar-refractivity contribution is 6.05. The van der Waals surface area contributed by atoms with Gasteiger partial charge in [-0.3, -0.25) is 4.79 Å². The van der Waals surface area contributed by atoms with Crippen molar-refractivity contribution in [1.82, 2.24) is 0 Å². The van der Waals surface area contributed by atoms with Gasteiger partial charge in [0.1, 0.15) is 0 Å². The van der Waals surface area contributed by atoms with Gasteiger partial charge in [0.15, 0.2) is 0 Å². The predicted octanol–water partition coefficient (Wildman–Crippen LogP) is 4.16. The second-order valence-electron chi connectivity index (χ2n) is 5.97. The molecule has 3 nitrogen and oxygen atoms in total. The first-order chi connectivity index (χ1) is 10.6. The molecule has 114 valence electrons. The first kappa shape index (κ1) is 14.6. The van der Waals surface area contributed by atoms with Crippen LogP contribution in [0.15, 0.2) is 42.5 Å². The van der Waals surface area contributed by atoms with Gasteiger partial charge in [0.25, 0.3) is 5.91 Å². The maximum atomic E-state index is 12.6. The second kappa shape index (κ2) is 6.22. The summed E-state index contributed by atoms with van der Waals surface area (Å²) in [5.41, 5.74) is 4.95. The summed E-state index contributed by atoms with van der Waals surface area (Å²) in [6.07, 6.45) is 2.47. The van der Waals surface area contributed by atoms with Crippen LogP contribution in [0.3, 0.4) is 0 Å². The van der Waals surface area contributed by atoms with Gasteiger partial charge in [-0.15, -0.1) is 0 Å². The summed E-state index contributed by atoms with van der Waals surface area (Å²) in [7, 11) is 0. The molecule has 2 aromatic carbocycles. The largest absolute Gasteiger partial charge is 0.372 e. The molecule has 3 heteroatoms. The zero-order valence-electron chi connectivity index (χ0n) is 13.2. The summed E-state index contributed by atoms with van der Waals surface area (Å²) in [5, 5.41) is 3.06. The summed E-state index contributed by atoms with van der Waals surface area (Å²) in [6.45, 7) is 6.20. The number of hydrogen-bond donors (Lipinski definition) is 1. The van der Waals surface area contributed by atoms with Crippen LogP contribution in [-0.2, 0) is 0 Å². The molecule has 3 rings (SSSR count). The molecule has 1 aliphatic rings. The molecule has 0 saturated carbocycles. The number of carbonyl (C=O) groups excluding carboxylic acids is 1. The summed E-state index contributed by atoms with van der Waals surface area (Å²) in [5.74, 6) is -0.0431. The maximum Gasteiger partial charge on any atom is 0.255 e. The molecule has 1 N–H and O–H groups in total. The van der Waals surface area contributed by atoms with Gasteiger partial charge in [-0.2, -0.15) is 0 Å². The molecule has 0 spiro atoms. The quantitative estimate of drug-likeness (QED) is 0.922. The summed E-state index contributed by atoms with van der Waals surface area (Å²) in [4.78, 5) is 14.9. The van der Waals surface area contributed by atoms with Gasteiger partial charge in [-0.25, -0.2) is 0 Å². The van der Waals surface area contributed by atoms with Crippen molar-refractivity contribution in [2.75, 3.05) is 23.3 Å². The molecule has 0 aliphatic carbocycles. The van der Waals surface area contributed by atoms with Crippen LogP contribution in [0, 0.1) is 13.8 Å². The zero-order chi connectivity index (χ0) is 15.5. The van der Waals surface area contributed by atoms with Crippen LogP contribution >= 0.6 is 0 Å². The highest BCUT2D eigenvalue weighted by Gasteiger charge is 2.15. The Morgan fingerprint density at radius 2 is 1.64 bits per heavy atom. The van der Waals surface area contributed by atoms with Crippen LogP contribution in [0.2, 0.25) is 0 Å². The van der Waals surface area contributed by atoms with Crippen molar-refractivity contribution in [1.29, 1.82) is 0 Å². The highest BCUT2D eigenvalue weighted by atomic mass is 16.1. The summed E-state index contributed by atoms with van der Waals surface area (Å²) in [6, 6.07) is 14.0. The topological polar surface area (TPSA) is 32.3 Å². The van der Waals surface area contributed by atoms with Gasteiger partial charge in [0.05, 0.1) is 0 Å². The maximum absolute atomic E-state index is 12.6. The van der Waals surface area contributed by atoms with E-state index in [1.807, 2.05) is 50.2 Å². The number of amides is 1. The number of aryl methyl sites for hydroxylation is 2. The highest BCUT2D eigenvalue weighted by Crippen LogP contribution is 2.23. The van der Waals surface area contributed by atoms with Crippen LogP contribution in [0.4, 0.5) is 11.4 Å². The minimum atomic E-state index is -0.0431. The molecule has 0 unspecified atom stereocenters. The lowest BCUT2D eigenvalue weighted by atomic mass is 10.1. The van der Waals surface area contributed by atoms with Crippen molar-refractivity contribution in [3.05, 3.63) is 59.2 Å². The Hall–Kier alpha value is -2.29. The number of benzene rings is 2. The Labute approximate surface area is 132 Å². The lowest BCUT2D eigenvalue weighted by Crippen LogP contribution is -2.19. The molecule has 1 aliphatic heterocycles. The second-order valence-corrected chi connectivity index (χ2v) is 5.97. The molecule has 1 fully saturated rings. The molecule has 1 amide bonds. The van der Waals surface area contributed by atoms with E-state index in [9.17, 15) is 4.79 Å². The Balaban J connectivity index is 1.82. The molecular weight excluding hydrogens is 272 g/mol. The van der Waals surface area contributed by atoms with Gasteiger partial charge >= 0.3 is 0 Å². The molecule has 22 heavy (non-hydrogen) atoms. The van der Waals surface area contributed by atoms with Crippen LogP contribution in [-0.4, -0.2) is 19.0 Å². The lowest BCUT2D eigenvalue weighted by molar-refractivity contribution is 0.102. The van der Waals surface area contributed by atoms with Crippen molar-refractivity contribution in [2.45, 2.75) is 26.7 Å². The lowest BCUT2D eigenvalue weighted by Gasteiger charge is -2.18. The van der Waals surface area contributed by atoms with E-state index in [0.29, 0.717) is 5.56 Å². The van der Waals surface area contributed by atoms with Crippen molar-refractivity contribution >= 4 is 17.3 Å².